The molecule has 2 unspecified atom stereocenters. The average Bonchev–Trinajstić information content (AvgIpc) is 3.08. The van der Waals surface area contributed by atoms with E-state index < -0.39 is 71.4 Å². The maximum absolute atomic E-state index is 13.1. The summed E-state index contributed by atoms with van der Waals surface area (Å²) in [6.45, 7) is 4.96. The monoisotopic (exact) mass is 464 g/mol. The summed E-state index contributed by atoms with van der Waals surface area (Å²) in [6, 6.07) is 9.08. The number of esters is 2. The van der Waals surface area contributed by atoms with Crippen molar-refractivity contribution >= 4 is 11.9 Å². The fourth-order valence-corrected chi connectivity index (χ4v) is 5.45. The van der Waals surface area contributed by atoms with Crippen LogP contribution in [0.15, 0.2) is 30.3 Å². The summed E-state index contributed by atoms with van der Waals surface area (Å²) in [4.78, 5) is 25.4. The number of rotatable bonds is 6. The molecule has 1 heterocycles. The minimum atomic E-state index is -1.51. The molecule has 1 saturated heterocycles. The lowest BCUT2D eigenvalue weighted by molar-refractivity contribution is -0.231. The number of benzene rings is 1. The fraction of sp³-hybridized carbons (Fsp3) is 0.667. The lowest BCUT2D eigenvalue weighted by Crippen LogP contribution is -2.63. The first kappa shape index (κ1) is 24.1. The number of ether oxygens (including phenoxy) is 3. The van der Waals surface area contributed by atoms with Crippen molar-refractivity contribution in [3.63, 3.8) is 0 Å². The van der Waals surface area contributed by atoms with Crippen LogP contribution in [0.4, 0.5) is 0 Å². The van der Waals surface area contributed by atoms with Gasteiger partial charge in [-0.15, -0.1) is 0 Å². The molecule has 2 aliphatic carbocycles. The molecule has 0 amide bonds. The van der Waals surface area contributed by atoms with Crippen molar-refractivity contribution in [2.75, 3.05) is 6.61 Å². The second kappa shape index (κ2) is 8.32. The van der Waals surface area contributed by atoms with Gasteiger partial charge in [-0.1, -0.05) is 44.2 Å². The summed E-state index contributed by atoms with van der Waals surface area (Å²) >= 11 is 0. The third-order valence-electron chi connectivity index (χ3n) is 8.36. The Kier molecular flexibility index (Phi) is 6.07. The van der Waals surface area contributed by atoms with Crippen LogP contribution in [0.5, 0.6) is 0 Å². The molecule has 182 valence electrons. The third-order valence-corrected chi connectivity index (χ3v) is 8.36. The molecule has 4 rings (SSSR count). The standard InChI is InChI=1S/C24H32O9/c1-22(2)23(3)9-10-24(22,33-20(23)29)21(30)32-12-14-15(25)17(27)19(18(28)16(14)26)31-11-13-7-5-4-6-8-13/h4-8,14-19,25-28H,9-12H2,1-3H3/t14?,15-,16-,17-,18+,19?,23+,24-/m1/s1. The van der Waals surface area contributed by atoms with E-state index in [-0.39, 0.29) is 6.61 Å². The van der Waals surface area contributed by atoms with Crippen molar-refractivity contribution < 1.29 is 44.2 Å². The van der Waals surface area contributed by atoms with Crippen molar-refractivity contribution in [3.8, 4) is 0 Å². The first-order valence-corrected chi connectivity index (χ1v) is 11.2. The number of carbonyl (C=O) groups is 2. The molecule has 4 N–H and O–H groups in total. The molecular formula is C24H32O9. The van der Waals surface area contributed by atoms with Crippen molar-refractivity contribution in [2.45, 2.75) is 76.3 Å². The van der Waals surface area contributed by atoms with Crippen molar-refractivity contribution in [1.29, 1.82) is 0 Å². The second-order valence-electron chi connectivity index (χ2n) is 10.2. The van der Waals surface area contributed by atoms with E-state index in [0.29, 0.717) is 12.8 Å². The summed E-state index contributed by atoms with van der Waals surface area (Å²) in [7, 11) is 0. The Labute approximate surface area is 192 Å². The molecule has 3 aliphatic rings. The van der Waals surface area contributed by atoms with Crippen molar-refractivity contribution in [3.05, 3.63) is 35.9 Å². The fourth-order valence-electron chi connectivity index (χ4n) is 5.45. The first-order valence-electron chi connectivity index (χ1n) is 11.2. The largest absolute Gasteiger partial charge is 0.462 e. The Morgan fingerprint density at radius 1 is 1.00 bits per heavy atom. The van der Waals surface area contributed by atoms with Crippen LogP contribution in [0, 0.1) is 16.7 Å². The second-order valence-corrected chi connectivity index (χ2v) is 10.2. The summed E-state index contributed by atoms with van der Waals surface area (Å²) in [6.07, 6.45) is -6.47. The third kappa shape index (κ3) is 3.49. The lowest BCUT2D eigenvalue weighted by atomic mass is 9.66. The van der Waals surface area contributed by atoms with Gasteiger partial charge in [-0.3, -0.25) is 4.79 Å². The highest BCUT2D eigenvalue weighted by Crippen LogP contribution is 2.65. The van der Waals surface area contributed by atoms with Crippen LogP contribution in [0.2, 0.25) is 0 Å². The lowest BCUT2D eigenvalue weighted by Gasteiger charge is -2.43. The summed E-state index contributed by atoms with van der Waals surface area (Å²) in [5.41, 5.74) is -2.24. The minimum Gasteiger partial charge on any atom is -0.462 e. The van der Waals surface area contributed by atoms with Crippen LogP contribution < -0.4 is 0 Å². The van der Waals surface area contributed by atoms with Gasteiger partial charge in [0.05, 0.1) is 36.8 Å². The molecule has 1 aromatic rings. The van der Waals surface area contributed by atoms with Gasteiger partial charge in [-0.2, -0.15) is 0 Å². The maximum atomic E-state index is 13.1. The molecule has 0 radical (unpaired) electrons. The van der Waals surface area contributed by atoms with Gasteiger partial charge in [0.2, 0.25) is 5.60 Å². The normalized spacial score (nSPS) is 41.6. The molecule has 2 bridgehead atoms. The predicted molar refractivity (Wildman–Crippen MR) is 113 cm³/mol. The summed E-state index contributed by atoms with van der Waals surface area (Å²) < 4.78 is 16.5. The minimum absolute atomic E-state index is 0.0699. The van der Waals surface area contributed by atoms with E-state index in [2.05, 4.69) is 0 Å². The van der Waals surface area contributed by atoms with E-state index in [0.717, 1.165) is 5.56 Å². The number of aliphatic hydroxyl groups excluding tert-OH is 4. The van der Waals surface area contributed by atoms with E-state index >= 15 is 0 Å². The van der Waals surface area contributed by atoms with Crippen LogP contribution in [-0.2, 0) is 30.4 Å². The van der Waals surface area contributed by atoms with E-state index in [1.54, 1.807) is 32.9 Å². The van der Waals surface area contributed by atoms with Gasteiger partial charge >= 0.3 is 11.9 Å². The summed E-state index contributed by atoms with van der Waals surface area (Å²) in [5, 5.41) is 42.3. The molecule has 1 aromatic carbocycles. The molecule has 9 heteroatoms. The molecule has 0 aromatic heterocycles. The molecule has 33 heavy (non-hydrogen) atoms. The number of carbonyl (C=O) groups excluding carboxylic acids is 2. The zero-order chi connectivity index (χ0) is 24.2. The molecule has 0 spiro atoms. The van der Waals surface area contributed by atoms with Crippen LogP contribution in [0.25, 0.3) is 0 Å². The van der Waals surface area contributed by atoms with E-state index in [4.69, 9.17) is 14.2 Å². The molecule has 2 saturated carbocycles. The first-order chi connectivity index (χ1) is 15.5. The maximum Gasteiger partial charge on any atom is 0.351 e. The van der Waals surface area contributed by atoms with E-state index in [1.165, 1.54) is 0 Å². The van der Waals surface area contributed by atoms with Gasteiger partial charge < -0.3 is 34.6 Å². The summed E-state index contributed by atoms with van der Waals surface area (Å²) in [5.74, 6) is -2.36. The number of hydrogen-bond acceptors (Lipinski definition) is 9. The Balaban J connectivity index is 1.41. The number of fused-ring (bicyclic) bond motifs is 2. The molecule has 8 atom stereocenters. The smallest absolute Gasteiger partial charge is 0.351 e. The topological polar surface area (TPSA) is 143 Å². The zero-order valence-electron chi connectivity index (χ0n) is 19.0. The van der Waals surface area contributed by atoms with Crippen molar-refractivity contribution in [1.82, 2.24) is 0 Å². The van der Waals surface area contributed by atoms with Gasteiger partial charge in [0.1, 0.15) is 18.3 Å². The van der Waals surface area contributed by atoms with Crippen LogP contribution in [0.1, 0.15) is 39.2 Å². The molecule has 3 fully saturated rings. The van der Waals surface area contributed by atoms with Gasteiger partial charge in [0.15, 0.2) is 0 Å². The highest BCUT2D eigenvalue weighted by Gasteiger charge is 2.76. The average molecular weight is 465 g/mol. The van der Waals surface area contributed by atoms with Gasteiger partial charge in [0.25, 0.3) is 0 Å². The Bertz CT molecular complexity index is 886. The number of aliphatic hydroxyl groups is 4. The molecule has 1 aliphatic heterocycles. The molecule has 9 nitrogen and oxygen atoms in total. The Morgan fingerprint density at radius 3 is 2.12 bits per heavy atom. The van der Waals surface area contributed by atoms with Crippen LogP contribution >= 0.6 is 0 Å². The SMILES string of the molecule is CC1(C)[C@@]2(C)CC[C@]1(C(=O)OCC1[C@@H](O)[C@H](O)C(OCc3ccccc3)[C@H](O)[C@@H]1O)OC2=O. The highest BCUT2D eigenvalue weighted by atomic mass is 16.6. The quantitative estimate of drug-likeness (QED) is 0.438. The number of hydrogen-bond donors (Lipinski definition) is 4. The van der Waals surface area contributed by atoms with Gasteiger partial charge in [0, 0.05) is 5.41 Å². The van der Waals surface area contributed by atoms with Gasteiger partial charge in [-0.05, 0) is 25.3 Å². The van der Waals surface area contributed by atoms with Crippen LogP contribution in [-0.4, -0.2) is 75.1 Å². The van der Waals surface area contributed by atoms with E-state index in [1.807, 2.05) is 18.2 Å². The van der Waals surface area contributed by atoms with Crippen LogP contribution in [0.3, 0.4) is 0 Å². The molecular weight excluding hydrogens is 432 g/mol. The Hall–Kier alpha value is -2.04. The zero-order valence-corrected chi connectivity index (χ0v) is 19.0. The predicted octanol–water partition coefficient (Wildman–Crippen LogP) is 0.310. The Morgan fingerprint density at radius 2 is 1.61 bits per heavy atom. The highest BCUT2D eigenvalue weighted by molar-refractivity contribution is 5.93. The van der Waals surface area contributed by atoms with Gasteiger partial charge in [-0.25, -0.2) is 4.79 Å². The van der Waals surface area contributed by atoms with E-state index in [9.17, 15) is 30.0 Å². The van der Waals surface area contributed by atoms with Crippen molar-refractivity contribution in [2.24, 2.45) is 16.7 Å².